The molecule has 1 aliphatic rings. The van der Waals surface area contributed by atoms with Crippen LogP contribution in [0.15, 0.2) is 59.8 Å². The number of alkyl halides is 3. The fraction of sp³-hybridized carbons (Fsp3) is 0.190. The second-order valence-corrected chi connectivity index (χ2v) is 7.41. The standard InChI is InChI=1S/C21H17ClF3N5O2/c1-11-16(18(31)27-13-9-7-12(22)8-10-13)17(14-5-3-4-6-15(14)32-2)30-20(26-11)28-19(29-30)21(23,24)25/h3-10,17H,1-2H3,(H,27,31)(H,26,28,29). The molecule has 3 aromatic rings. The van der Waals surface area contributed by atoms with E-state index in [0.29, 0.717) is 27.7 Å². The van der Waals surface area contributed by atoms with Crippen molar-refractivity contribution in [2.45, 2.75) is 19.1 Å². The van der Waals surface area contributed by atoms with Gasteiger partial charge in [0, 0.05) is 22.0 Å². The van der Waals surface area contributed by atoms with E-state index in [0.717, 1.165) is 4.68 Å². The molecule has 2 heterocycles. The van der Waals surface area contributed by atoms with Crippen LogP contribution in [0.25, 0.3) is 0 Å². The van der Waals surface area contributed by atoms with Gasteiger partial charge in [-0.2, -0.15) is 18.2 Å². The Bertz CT molecular complexity index is 1200. The van der Waals surface area contributed by atoms with Gasteiger partial charge in [-0.15, -0.1) is 5.10 Å². The molecule has 1 atom stereocenters. The highest BCUT2D eigenvalue weighted by atomic mass is 35.5. The van der Waals surface area contributed by atoms with Crippen molar-refractivity contribution in [3.05, 3.63) is 76.2 Å². The number of fused-ring (bicyclic) bond motifs is 1. The number of hydrogen-bond acceptors (Lipinski definition) is 5. The van der Waals surface area contributed by atoms with Crippen LogP contribution in [0.2, 0.25) is 5.02 Å². The quantitative estimate of drug-likeness (QED) is 0.576. The molecule has 7 nitrogen and oxygen atoms in total. The molecule has 4 rings (SSSR count). The molecule has 1 unspecified atom stereocenters. The summed E-state index contributed by atoms with van der Waals surface area (Å²) in [7, 11) is 1.44. The highest BCUT2D eigenvalue weighted by Crippen LogP contribution is 2.40. The van der Waals surface area contributed by atoms with Crippen molar-refractivity contribution >= 4 is 29.1 Å². The van der Waals surface area contributed by atoms with Crippen LogP contribution in [0, 0.1) is 0 Å². The van der Waals surface area contributed by atoms with Crippen LogP contribution in [0.5, 0.6) is 5.75 Å². The second-order valence-electron chi connectivity index (χ2n) is 6.97. The molecule has 11 heteroatoms. The van der Waals surface area contributed by atoms with Crippen LogP contribution < -0.4 is 15.4 Å². The Kier molecular flexibility index (Phi) is 5.55. The SMILES string of the molecule is COc1ccccc1C1C(C(=O)Nc2ccc(Cl)cc2)=C(C)Nc2nc(C(F)(F)F)nn21. The average molecular weight is 464 g/mol. The molecule has 0 fully saturated rings. The molecule has 2 N–H and O–H groups in total. The molecule has 0 bridgehead atoms. The number of carbonyl (C=O) groups is 1. The Balaban J connectivity index is 1.84. The largest absolute Gasteiger partial charge is 0.496 e. The number of carbonyl (C=O) groups excluding carboxylic acids is 1. The van der Waals surface area contributed by atoms with Crippen LogP contribution >= 0.6 is 11.6 Å². The Hall–Kier alpha value is -3.53. The van der Waals surface area contributed by atoms with Gasteiger partial charge in [0.25, 0.3) is 11.7 Å². The number of halogens is 4. The molecule has 1 aliphatic heterocycles. The zero-order valence-corrected chi connectivity index (χ0v) is 17.6. The highest BCUT2D eigenvalue weighted by molar-refractivity contribution is 6.30. The van der Waals surface area contributed by atoms with Crippen molar-refractivity contribution in [1.82, 2.24) is 14.8 Å². The van der Waals surface area contributed by atoms with Crippen molar-refractivity contribution in [3.8, 4) is 5.75 Å². The smallest absolute Gasteiger partial charge is 0.453 e. The third kappa shape index (κ3) is 4.01. The maximum absolute atomic E-state index is 13.3. The number of aromatic nitrogens is 3. The van der Waals surface area contributed by atoms with Crippen LogP contribution in [0.4, 0.5) is 24.8 Å². The minimum Gasteiger partial charge on any atom is -0.496 e. The Morgan fingerprint density at radius 3 is 2.53 bits per heavy atom. The third-order valence-corrected chi connectivity index (χ3v) is 5.14. The Morgan fingerprint density at radius 2 is 1.88 bits per heavy atom. The summed E-state index contributed by atoms with van der Waals surface area (Å²) in [5.41, 5.74) is 1.42. The summed E-state index contributed by atoms with van der Waals surface area (Å²) in [6, 6.07) is 12.2. The van der Waals surface area contributed by atoms with Gasteiger partial charge in [-0.3, -0.25) is 4.79 Å². The maximum atomic E-state index is 13.3. The summed E-state index contributed by atoms with van der Waals surface area (Å²) in [5, 5.41) is 9.68. The van der Waals surface area contributed by atoms with Crippen LogP contribution in [-0.2, 0) is 11.0 Å². The van der Waals surface area contributed by atoms with Crippen molar-refractivity contribution < 1.29 is 22.7 Å². The van der Waals surface area contributed by atoms with Gasteiger partial charge in [-0.25, -0.2) is 4.68 Å². The summed E-state index contributed by atoms with van der Waals surface area (Å²) in [5.74, 6) is -1.58. The summed E-state index contributed by atoms with van der Waals surface area (Å²) >= 11 is 5.90. The van der Waals surface area contributed by atoms with Crippen molar-refractivity contribution in [3.63, 3.8) is 0 Å². The molecule has 0 radical (unpaired) electrons. The molecule has 1 amide bonds. The van der Waals surface area contributed by atoms with E-state index in [4.69, 9.17) is 16.3 Å². The van der Waals surface area contributed by atoms with Gasteiger partial charge in [-0.05, 0) is 37.3 Å². The van der Waals surface area contributed by atoms with Gasteiger partial charge in [0.05, 0.1) is 12.7 Å². The topological polar surface area (TPSA) is 81.1 Å². The third-order valence-electron chi connectivity index (χ3n) is 4.89. The lowest BCUT2D eigenvalue weighted by Gasteiger charge is -2.29. The van der Waals surface area contributed by atoms with Gasteiger partial charge in [0.15, 0.2) is 0 Å². The summed E-state index contributed by atoms with van der Waals surface area (Å²) in [6.45, 7) is 1.59. The summed E-state index contributed by atoms with van der Waals surface area (Å²) in [6.07, 6.45) is -4.75. The average Bonchev–Trinajstić information content (AvgIpc) is 3.18. The summed E-state index contributed by atoms with van der Waals surface area (Å²) in [4.78, 5) is 16.9. The Labute approximate surface area is 185 Å². The van der Waals surface area contributed by atoms with Crippen molar-refractivity contribution in [2.75, 3.05) is 17.7 Å². The van der Waals surface area contributed by atoms with Crippen molar-refractivity contribution in [2.24, 2.45) is 0 Å². The van der Waals surface area contributed by atoms with E-state index < -0.39 is 23.9 Å². The van der Waals surface area contributed by atoms with Crippen molar-refractivity contribution in [1.29, 1.82) is 0 Å². The number of nitrogens with zero attached hydrogens (tertiary/aromatic N) is 3. The molecule has 0 spiro atoms. The number of para-hydroxylation sites is 1. The van der Waals surface area contributed by atoms with Crippen LogP contribution in [-0.4, -0.2) is 27.8 Å². The molecular formula is C21H17ClF3N5O2. The van der Waals surface area contributed by atoms with Crippen LogP contribution in [0.3, 0.4) is 0 Å². The molecule has 0 saturated carbocycles. The minimum atomic E-state index is -4.75. The first-order valence-corrected chi connectivity index (χ1v) is 9.78. The highest BCUT2D eigenvalue weighted by Gasteiger charge is 2.41. The molecule has 2 aromatic carbocycles. The number of methoxy groups -OCH3 is 1. The van der Waals surface area contributed by atoms with E-state index in [-0.39, 0.29) is 11.5 Å². The van der Waals surface area contributed by atoms with E-state index in [9.17, 15) is 18.0 Å². The Morgan fingerprint density at radius 1 is 1.19 bits per heavy atom. The predicted octanol–water partition coefficient (Wildman–Crippen LogP) is 4.89. The fourth-order valence-electron chi connectivity index (χ4n) is 3.48. The van der Waals surface area contributed by atoms with E-state index >= 15 is 0 Å². The van der Waals surface area contributed by atoms with Gasteiger partial charge in [0.2, 0.25) is 5.95 Å². The van der Waals surface area contributed by atoms with Gasteiger partial charge >= 0.3 is 6.18 Å². The maximum Gasteiger partial charge on any atom is 0.453 e. The first-order valence-electron chi connectivity index (χ1n) is 9.40. The molecule has 1 aromatic heterocycles. The summed E-state index contributed by atoms with van der Waals surface area (Å²) < 4.78 is 46.4. The lowest BCUT2D eigenvalue weighted by molar-refractivity contribution is -0.145. The molecule has 0 saturated heterocycles. The van der Waals surface area contributed by atoms with E-state index in [1.54, 1.807) is 55.5 Å². The number of ether oxygens (including phenoxy) is 1. The number of nitrogens with one attached hydrogen (secondary N) is 2. The number of hydrogen-bond donors (Lipinski definition) is 2. The molecular weight excluding hydrogens is 447 g/mol. The number of benzene rings is 2. The number of rotatable bonds is 4. The van der Waals surface area contributed by atoms with E-state index in [1.165, 1.54) is 7.11 Å². The molecule has 166 valence electrons. The second kappa shape index (κ2) is 8.19. The normalized spacial score (nSPS) is 15.8. The minimum absolute atomic E-state index is 0.131. The number of anilines is 2. The van der Waals surface area contributed by atoms with E-state index in [1.807, 2.05) is 0 Å². The lowest BCUT2D eigenvalue weighted by Crippen LogP contribution is -2.31. The lowest BCUT2D eigenvalue weighted by atomic mass is 9.94. The predicted molar refractivity (Wildman–Crippen MR) is 113 cm³/mol. The van der Waals surface area contributed by atoms with Gasteiger partial charge in [-0.1, -0.05) is 29.8 Å². The number of allylic oxidation sites excluding steroid dienone is 1. The first-order chi connectivity index (χ1) is 15.2. The molecule has 0 aliphatic carbocycles. The zero-order valence-electron chi connectivity index (χ0n) is 16.9. The van der Waals surface area contributed by atoms with Crippen LogP contribution in [0.1, 0.15) is 24.4 Å². The molecule has 32 heavy (non-hydrogen) atoms. The van der Waals surface area contributed by atoms with Gasteiger partial charge < -0.3 is 15.4 Å². The fourth-order valence-corrected chi connectivity index (χ4v) is 3.60. The van der Waals surface area contributed by atoms with E-state index in [2.05, 4.69) is 20.7 Å². The monoisotopic (exact) mass is 463 g/mol. The van der Waals surface area contributed by atoms with Gasteiger partial charge in [0.1, 0.15) is 11.8 Å². The zero-order chi connectivity index (χ0) is 23.0. The first kappa shape index (κ1) is 21.7. The number of amides is 1.